The fraction of sp³-hybridized carbons (Fsp3) is 0.667. The maximum atomic E-state index is 10.8. The number of hydrogen-bond acceptors (Lipinski definition) is 5. The molecule has 0 saturated carbocycles. The Bertz CT molecular complexity index is 295. The van der Waals surface area contributed by atoms with Gasteiger partial charge in [0.1, 0.15) is 18.3 Å². The van der Waals surface area contributed by atoms with Gasteiger partial charge in [-0.25, -0.2) is 8.37 Å². The monoisotopic (exact) mass is 192 g/mol. The van der Waals surface area contributed by atoms with Gasteiger partial charge < -0.3 is 4.74 Å². The van der Waals surface area contributed by atoms with Crippen molar-refractivity contribution in [2.75, 3.05) is 6.61 Å². The van der Waals surface area contributed by atoms with E-state index in [2.05, 4.69) is 14.9 Å². The van der Waals surface area contributed by atoms with Gasteiger partial charge in [0.2, 0.25) is 0 Å². The second kappa shape index (κ2) is 2.53. The molecule has 0 amide bonds. The first-order valence-electron chi connectivity index (χ1n) is 3.48. The summed E-state index contributed by atoms with van der Waals surface area (Å²) >= 11 is 0. The summed E-state index contributed by atoms with van der Waals surface area (Å²) in [5.41, 5.74) is 0. The van der Waals surface area contributed by atoms with E-state index < -0.39 is 22.6 Å². The van der Waals surface area contributed by atoms with Gasteiger partial charge in [-0.05, 0) is 0 Å². The van der Waals surface area contributed by atoms with E-state index in [-0.39, 0.29) is 12.7 Å². The molecule has 0 aliphatic carbocycles. The molecular weight excluding hydrogens is 184 g/mol. The highest BCUT2D eigenvalue weighted by Gasteiger charge is 2.48. The highest BCUT2D eigenvalue weighted by atomic mass is 32.3. The van der Waals surface area contributed by atoms with Gasteiger partial charge in [0.05, 0.1) is 6.61 Å². The average molecular weight is 192 g/mol. The SMILES string of the molecule is C=CC1OCC2OS(=O)(=O)OC12. The topological polar surface area (TPSA) is 61.8 Å². The maximum absolute atomic E-state index is 10.8. The van der Waals surface area contributed by atoms with Gasteiger partial charge in [-0.15, -0.1) is 6.58 Å². The van der Waals surface area contributed by atoms with Crippen LogP contribution in [0, 0.1) is 0 Å². The smallest absolute Gasteiger partial charge is 0.368 e. The zero-order valence-corrected chi connectivity index (χ0v) is 6.99. The van der Waals surface area contributed by atoms with Gasteiger partial charge in [0.25, 0.3) is 0 Å². The van der Waals surface area contributed by atoms with Crippen LogP contribution in [-0.2, 0) is 23.5 Å². The van der Waals surface area contributed by atoms with E-state index in [0.29, 0.717) is 0 Å². The van der Waals surface area contributed by atoms with Crippen LogP contribution in [0.1, 0.15) is 0 Å². The van der Waals surface area contributed by atoms with E-state index in [0.717, 1.165) is 0 Å². The Balaban J connectivity index is 2.21. The second-order valence-corrected chi connectivity index (χ2v) is 3.84. The molecular formula is C6H8O5S. The van der Waals surface area contributed by atoms with Crippen molar-refractivity contribution in [3.63, 3.8) is 0 Å². The van der Waals surface area contributed by atoms with Crippen LogP contribution in [-0.4, -0.2) is 33.3 Å². The molecule has 3 unspecified atom stereocenters. The molecule has 2 rings (SSSR count). The first kappa shape index (κ1) is 8.18. The molecule has 0 aromatic rings. The van der Waals surface area contributed by atoms with E-state index in [1.54, 1.807) is 0 Å². The Morgan fingerprint density at radius 3 is 2.83 bits per heavy atom. The first-order valence-corrected chi connectivity index (χ1v) is 4.81. The Morgan fingerprint density at radius 2 is 2.17 bits per heavy atom. The van der Waals surface area contributed by atoms with Crippen molar-refractivity contribution < 1.29 is 21.5 Å². The molecule has 2 heterocycles. The van der Waals surface area contributed by atoms with E-state index in [4.69, 9.17) is 4.74 Å². The Morgan fingerprint density at radius 1 is 1.42 bits per heavy atom. The van der Waals surface area contributed by atoms with E-state index in [9.17, 15) is 8.42 Å². The number of rotatable bonds is 1. The van der Waals surface area contributed by atoms with Crippen molar-refractivity contribution in [1.29, 1.82) is 0 Å². The molecule has 5 nitrogen and oxygen atoms in total. The molecule has 12 heavy (non-hydrogen) atoms. The van der Waals surface area contributed by atoms with Crippen molar-refractivity contribution in [3.8, 4) is 0 Å². The lowest BCUT2D eigenvalue weighted by Crippen LogP contribution is -2.25. The quantitative estimate of drug-likeness (QED) is 0.529. The van der Waals surface area contributed by atoms with Crippen molar-refractivity contribution in [3.05, 3.63) is 12.7 Å². The zero-order valence-electron chi connectivity index (χ0n) is 6.17. The predicted octanol–water partition coefficient (Wildman–Crippen LogP) is -0.400. The molecule has 2 fully saturated rings. The van der Waals surface area contributed by atoms with Crippen LogP contribution in [0.2, 0.25) is 0 Å². The third-order valence-electron chi connectivity index (χ3n) is 1.85. The lowest BCUT2D eigenvalue weighted by Gasteiger charge is -2.07. The molecule has 0 aromatic heterocycles. The molecule has 6 heteroatoms. The summed E-state index contributed by atoms with van der Waals surface area (Å²) in [6.45, 7) is 3.73. The summed E-state index contributed by atoms with van der Waals surface area (Å²) in [5.74, 6) is 0. The van der Waals surface area contributed by atoms with Crippen molar-refractivity contribution in [2.24, 2.45) is 0 Å². The normalized spacial score (nSPS) is 44.2. The summed E-state index contributed by atoms with van der Waals surface area (Å²) in [7, 11) is -3.78. The largest absolute Gasteiger partial charge is 0.400 e. The molecule has 0 aromatic carbocycles. The number of ether oxygens (including phenoxy) is 1. The van der Waals surface area contributed by atoms with Crippen LogP contribution in [0.3, 0.4) is 0 Å². The van der Waals surface area contributed by atoms with Crippen LogP contribution in [0.5, 0.6) is 0 Å². The fourth-order valence-electron chi connectivity index (χ4n) is 1.32. The van der Waals surface area contributed by atoms with Crippen LogP contribution in [0.15, 0.2) is 12.7 Å². The standard InChI is InChI=1S/C6H8O5S/c1-2-4-6-5(3-9-4)10-12(7,8)11-6/h2,4-6H,1,3H2. The second-order valence-electron chi connectivity index (χ2n) is 2.64. The van der Waals surface area contributed by atoms with Crippen LogP contribution in [0.25, 0.3) is 0 Å². The molecule has 3 atom stereocenters. The minimum Gasteiger partial charge on any atom is -0.368 e. The summed E-state index contributed by atoms with van der Waals surface area (Å²) in [6, 6.07) is 0. The third-order valence-corrected chi connectivity index (χ3v) is 2.79. The van der Waals surface area contributed by atoms with Crippen molar-refractivity contribution in [1.82, 2.24) is 0 Å². The summed E-state index contributed by atoms with van der Waals surface area (Å²) in [5, 5.41) is 0. The molecule has 2 saturated heterocycles. The highest BCUT2D eigenvalue weighted by Crippen LogP contribution is 2.30. The van der Waals surface area contributed by atoms with Gasteiger partial charge >= 0.3 is 10.4 Å². The van der Waals surface area contributed by atoms with Crippen molar-refractivity contribution in [2.45, 2.75) is 18.3 Å². The molecule has 2 aliphatic heterocycles. The number of hydrogen-bond donors (Lipinski definition) is 0. The Hall–Kier alpha value is -0.430. The van der Waals surface area contributed by atoms with Gasteiger partial charge in [0, 0.05) is 0 Å². The molecule has 0 radical (unpaired) electrons. The Kier molecular flexibility index (Phi) is 1.72. The van der Waals surface area contributed by atoms with E-state index in [1.807, 2.05) is 0 Å². The van der Waals surface area contributed by atoms with Crippen LogP contribution in [0.4, 0.5) is 0 Å². The van der Waals surface area contributed by atoms with Gasteiger partial charge in [0.15, 0.2) is 0 Å². The average Bonchev–Trinajstić information content (AvgIpc) is 2.42. The van der Waals surface area contributed by atoms with Gasteiger partial charge in [-0.3, -0.25) is 0 Å². The highest BCUT2D eigenvalue weighted by molar-refractivity contribution is 7.82. The minimum atomic E-state index is -3.78. The lowest BCUT2D eigenvalue weighted by atomic mass is 10.1. The van der Waals surface area contributed by atoms with Crippen LogP contribution >= 0.6 is 0 Å². The minimum absolute atomic E-state index is 0.237. The van der Waals surface area contributed by atoms with E-state index in [1.165, 1.54) is 6.08 Å². The summed E-state index contributed by atoms with van der Waals surface area (Å²) in [4.78, 5) is 0. The number of fused-ring (bicyclic) bond motifs is 1. The fourth-order valence-corrected chi connectivity index (χ4v) is 2.34. The Labute approximate surface area is 70.2 Å². The molecule has 2 aliphatic rings. The molecule has 0 N–H and O–H groups in total. The predicted molar refractivity (Wildman–Crippen MR) is 38.6 cm³/mol. The summed E-state index contributed by atoms with van der Waals surface area (Å²) in [6.07, 6.45) is 0.0762. The lowest BCUT2D eigenvalue weighted by molar-refractivity contribution is 0.0871. The van der Waals surface area contributed by atoms with Gasteiger partial charge in [-0.1, -0.05) is 6.08 Å². The maximum Gasteiger partial charge on any atom is 0.400 e. The third kappa shape index (κ3) is 1.16. The van der Waals surface area contributed by atoms with Crippen molar-refractivity contribution >= 4 is 10.4 Å². The molecule has 0 bridgehead atoms. The zero-order chi connectivity index (χ0) is 8.77. The molecule has 68 valence electrons. The summed E-state index contributed by atoms with van der Waals surface area (Å²) < 4.78 is 35.9. The molecule has 0 spiro atoms. The first-order chi connectivity index (χ1) is 5.62. The van der Waals surface area contributed by atoms with Gasteiger partial charge in [-0.2, -0.15) is 8.42 Å². The van der Waals surface area contributed by atoms with E-state index >= 15 is 0 Å². The van der Waals surface area contributed by atoms with Crippen LogP contribution < -0.4 is 0 Å².